The molecule has 6 nitrogen and oxygen atoms in total. The maximum atomic E-state index is 13.3. The highest BCUT2D eigenvalue weighted by Gasteiger charge is 2.47. The molecule has 0 radical (unpaired) electrons. The molecule has 1 unspecified atom stereocenters. The van der Waals surface area contributed by atoms with Crippen LogP contribution in [-0.2, 0) is 9.59 Å². The van der Waals surface area contributed by atoms with Crippen LogP contribution >= 0.6 is 0 Å². The molecule has 3 aromatic carbocycles. The number of anilines is 1. The molecule has 1 N–H and O–H groups in total. The molecular formula is C29H29NO5. The Morgan fingerprint density at radius 1 is 0.914 bits per heavy atom. The SMILES string of the molecule is CCOc1cccc(C2/C(=C(/O)c3cccc(OCC(C)C)c3)C(=O)C(=O)N2c2ccccc2)c1. The number of aliphatic hydroxyl groups excluding tert-OH is 1. The van der Waals surface area contributed by atoms with E-state index in [-0.39, 0.29) is 11.3 Å². The van der Waals surface area contributed by atoms with E-state index in [1.54, 1.807) is 54.6 Å². The second-order valence-corrected chi connectivity index (χ2v) is 8.74. The molecule has 6 heteroatoms. The molecule has 4 rings (SSSR count). The third-order valence-corrected chi connectivity index (χ3v) is 5.65. The predicted molar refractivity (Wildman–Crippen MR) is 136 cm³/mol. The van der Waals surface area contributed by atoms with Crippen LogP contribution in [0, 0.1) is 5.92 Å². The lowest BCUT2D eigenvalue weighted by Gasteiger charge is -2.25. The van der Waals surface area contributed by atoms with Crippen LogP contribution in [0.15, 0.2) is 84.4 Å². The summed E-state index contributed by atoms with van der Waals surface area (Å²) in [6.45, 7) is 6.98. The summed E-state index contributed by atoms with van der Waals surface area (Å²) in [7, 11) is 0. The first-order valence-electron chi connectivity index (χ1n) is 11.7. The van der Waals surface area contributed by atoms with Crippen molar-refractivity contribution in [1.29, 1.82) is 0 Å². The largest absolute Gasteiger partial charge is 0.507 e. The van der Waals surface area contributed by atoms with E-state index in [1.807, 2.05) is 45.0 Å². The van der Waals surface area contributed by atoms with Gasteiger partial charge in [-0.1, -0.05) is 56.3 Å². The Bertz CT molecular complexity index is 1250. The first kappa shape index (κ1) is 24.1. The van der Waals surface area contributed by atoms with Crippen LogP contribution in [0.3, 0.4) is 0 Å². The fourth-order valence-electron chi connectivity index (χ4n) is 4.10. The number of ketones is 1. The average Bonchev–Trinajstić information content (AvgIpc) is 3.13. The second-order valence-electron chi connectivity index (χ2n) is 8.74. The molecule has 3 aromatic rings. The number of ether oxygens (including phenoxy) is 2. The molecule has 1 atom stereocenters. The van der Waals surface area contributed by atoms with Gasteiger partial charge in [0, 0.05) is 11.3 Å². The van der Waals surface area contributed by atoms with Crippen LogP contribution in [0.5, 0.6) is 11.5 Å². The summed E-state index contributed by atoms with van der Waals surface area (Å²) in [5.74, 6) is -0.157. The first-order chi connectivity index (χ1) is 16.9. The first-order valence-corrected chi connectivity index (χ1v) is 11.7. The summed E-state index contributed by atoms with van der Waals surface area (Å²) in [4.78, 5) is 28.0. The Morgan fingerprint density at radius 3 is 2.29 bits per heavy atom. The van der Waals surface area contributed by atoms with E-state index < -0.39 is 17.7 Å². The molecule has 0 aromatic heterocycles. The van der Waals surface area contributed by atoms with Gasteiger partial charge in [0.1, 0.15) is 17.3 Å². The van der Waals surface area contributed by atoms with Crippen LogP contribution in [0.2, 0.25) is 0 Å². The third kappa shape index (κ3) is 5.06. The Hall–Kier alpha value is -4.06. The van der Waals surface area contributed by atoms with E-state index in [0.717, 1.165) is 0 Å². The van der Waals surface area contributed by atoms with Crippen LogP contribution in [0.1, 0.15) is 37.9 Å². The van der Waals surface area contributed by atoms with Crippen LogP contribution in [0.4, 0.5) is 5.69 Å². The van der Waals surface area contributed by atoms with Crippen molar-refractivity contribution in [3.63, 3.8) is 0 Å². The maximum Gasteiger partial charge on any atom is 0.300 e. The Balaban J connectivity index is 1.86. The van der Waals surface area contributed by atoms with E-state index in [2.05, 4.69) is 0 Å². The van der Waals surface area contributed by atoms with Crippen molar-refractivity contribution in [1.82, 2.24) is 0 Å². The highest BCUT2D eigenvalue weighted by molar-refractivity contribution is 6.51. The topological polar surface area (TPSA) is 76.1 Å². The number of Topliss-reactive ketones (excluding diaryl/α,β-unsaturated/α-hetero) is 1. The second kappa shape index (κ2) is 10.5. The monoisotopic (exact) mass is 471 g/mol. The van der Waals surface area contributed by atoms with Gasteiger partial charge in [-0.05, 0) is 54.8 Å². The molecule has 0 spiro atoms. The van der Waals surface area contributed by atoms with E-state index in [0.29, 0.717) is 47.4 Å². The normalized spacial score (nSPS) is 17.1. The molecule has 1 heterocycles. The van der Waals surface area contributed by atoms with Gasteiger partial charge in [-0.25, -0.2) is 0 Å². The molecule has 1 amide bonds. The van der Waals surface area contributed by atoms with Crippen molar-refractivity contribution in [2.75, 3.05) is 18.1 Å². The van der Waals surface area contributed by atoms with Gasteiger partial charge in [0.05, 0.1) is 24.8 Å². The van der Waals surface area contributed by atoms with Crippen molar-refractivity contribution in [3.05, 3.63) is 95.6 Å². The van der Waals surface area contributed by atoms with Gasteiger partial charge in [-0.15, -0.1) is 0 Å². The third-order valence-electron chi connectivity index (χ3n) is 5.65. The van der Waals surface area contributed by atoms with E-state index in [9.17, 15) is 14.7 Å². The number of amides is 1. The molecule has 1 aliphatic heterocycles. The molecule has 0 saturated carbocycles. The minimum atomic E-state index is -0.821. The fourth-order valence-corrected chi connectivity index (χ4v) is 4.10. The summed E-state index contributed by atoms with van der Waals surface area (Å²) < 4.78 is 11.5. The standard InChI is InChI=1S/C29H29NO5/c1-4-34-23-14-8-10-20(16-23)26-25(28(32)29(33)30(26)22-12-6-5-7-13-22)27(31)21-11-9-15-24(17-21)35-18-19(2)3/h5-17,19,26,31H,4,18H2,1-3H3/b27-25-. The summed E-state index contributed by atoms with van der Waals surface area (Å²) in [5.41, 5.74) is 1.65. The Morgan fingerprint density at radius 2 is 1.60 bits per heavy atom. The summed E-state index contributed by atoms with van der Waals surface area (Å²) in [5, 5.41) is 11.4. The lowest BCUT2D eigenvalue weighted by molar-refractivity contribution is -0.132. The summed E-state index contributed by atoms with van der Waals surface area (Å²) in [6.07, 6.45) is 0. The number of aliphatic hydroxyl groups is 1. The van der Waals surface area contributed by atoms with Gasteiger partial charge < -0.3 is 14.6 Å². The highest BCUT2D eigenvalue weighted by atomic mass is 16.5. The van der Waals surface area contributed by atoms with Crippen molar-refractivity contribution in [2.24, 2.45) is 5.92 Å². The number of hydrogen-bond donors (Lipinski definition) is 1. The molecule has 35 heavy (non-hydrogen) atoms. The van der Waals surface area contributed by atoms with E-state index >= 15 is 0 Å². The highest BCUT2D eigenvalue weighted by Crippen LogP contribution is 2.43. The van der Waals surface area contributed by atoms with Gasteiger partial charge >= 0.3 is 0 Å². The quantitative estimate of drug-likeness (QED) is 0.257. The predicted octanol–water partition coefficient (Wildman–Crippen LogP) is 5.75. The number of carbonyl (C=O) groups excluding carboxylic acids is 2. The maximum absolute atomic E-state index is 13.3. The average molecular weight is 472 g/mol. The molecule has 1 saturated heterocycles. The minimum absolute atomic E-state index is 0.0218. The summed E-state index contributed by atoms with van der Waals surface area (Å²) >= 11 is 0. The number of benzene rings is 3. The number of rotatable bonds is 8. The molecule has 180 valence electrons. The van der Waals surface area contributed by atoms with Gasteiger partial charge in [-0.3, -0.25) is 14.5 Å². The lowest BCUT2D eigenvalue weighted by Crippen LogP contribution is -2.29. The Kier molecular flexibility index (Phi) is 7.20. The minimum Gasteiger partial charge on any atom is -0.507 e. The molecule has 0 aliphatic carbocycles. The molecule has 1 aliphatic rings. The number of hydrogen-bond acceptors (Lipinski definition) is 5. The zero-order chi connectivity index (χ0) is 24.9. The zero-order valence-electron chi connectivity index (χ0n) is 20.1. The smallest absolute Gasteiger partial charge is 0.300 e. The van der Waals surface area contributed by atoms with E-state index in [1.165, 1.54) is 4.90 Å². The van der Waals surface area contributed by atoms with E-state index in [4.69, 9.17) is 9.47 Å². The van der Waals surface area contributed by atoms with Crippen molar-refractivity contribution >= 4 is 23.1 Å². The number of carbonyl (C=O) groups is 2. The van der Waals surface area contributed by atoms with Crippen molar-refractivity contribution in [3.8, 4) is 11.5 Å². The zero-order valence-corrected chi connectivity index (χ0v) is 20.1. The van der Waals surface area contributed by atoms with Crippen LogP contribution in [-0.4, -0.2) is 30.0 Å². The van der Waals surface area contributed by atoms with Crippen LogP contribution in [0.25, 0.3) is 5.76 Å². The van der Waals surface area contributed by atoms with Crippen molar-refractivity contribution < 1.29 is 24.2 Å². The summed E-state index contributed by atoms with van der Waals surface area (Å²) in [6, 6.07) is 22.3. The van der Waals surface area contributed by atoms with Crippen LogP contribution < -0.4 is 14.4 Å². The van der Waals surface area contributed by atoms with Gasteiger partial charge in [0.25, 0.3) is 11.7 Å². The Labute approximate surface area is 205 Å². The number of para-hydroxylation sites is 1. The fraction of sp³-hybridized carbons (Fsp3) is 0.241. The molecule has 0 bridgehead atoms. The van der Waals surface area contributed by atoms with Gasteiger partial charge in [0.15, 0.2) is 0 Å². The van der Waals surface area contributed by atoms with Gasteiger partial charge in [0.2, 0.25) is 0 Å². The number of nitrogens with zero attached hydrogens (tertiary/aromatic N) is 1. The van der Waals surface area contributed by atoms with Gasteiger partial charge in [-0.2, -0.15) is 0 Å². The molecule has 1 fully saturated rings. The molecular weight excluding hydrogens is 442 g/mol. The lowest BCUT2D eigenvalue weighted by atomic mass is 9.95. The van der Waals surface area contributed by atoms with Crippen molar-refractivity contribution in [2.45, 2.75) is 26.8 Å².